The molecule has 5 aromatic rings. The highest BCUT2D eigenvalue weighted by atomic mass is 35.5. The Morgan fingerprint density at radius 1 is 0.882 bits per heavy atom. The van der Waals surface area contributed by atoms with Crippen LogP contribution in [0.3, 0.4) is 0 Å². The number of halogens is 2. The Balaban J connectivity index is 1.49. The van der Waals surface area contributed by atoms with Crippen molar-refractivity contribution in [3.8, 4) is 5.69 Å². The van der Waals surface area contributed by atoms with Crippen molar-refractivity contribution in [3.63, 3.8) is 0 Å². The van der Waals surface area contributed by atoms with E-state index in [0.717, 1.165) is 16.5 Å². The molecule has 168 valence electrons. The number of amides is 1. The molecule has 1 aromatic heterocycles. The summed E-state index contributed by atoms with van der Waals surface area (Å²) in [5, 5.41) is 6.58. The fraction of sp³-hybridized carbons (Fsp3) is 0.0385. The summed E-state index contributed by atoms with van der Waals surface area (Å²) >= 11 is 13.6. The highest BCUT2D eigenvalue weighted by Crippen LogP contribution is 2.27. The number of nitrogens with one attached hydrogen (secondary N) is 1. The number of hydrogen-bond donors (Lipinski definition) is 1. The number of aromatic nitrogens is 2. The number of nitrogens with zero attached hydrogens (tertiary/aromatic N) is 2. The Morgan fingerprint density at radius 2 is 1.56 bits per heavy atom. The minimum absolute atomic E-state index is 0.0578. The number of para-hydroxylation sites is 1. The van der Waals surface area contributed by atoms with E-state index in [2.05, 4.69) is 10.3 Å². The van der Waals surface area contributed by atoms with Gasteiger partial charge in [-0.05, 0) is 41.8 Å². The van der Waals surface area contributed by atoms with Crippen LogP contribution in [0.15, 0.2) is 94.9 Å². The molecule has 1 N–H and O–H groups in total. The molecule has 5 nitrogen and oxygen atoms in total. The van der Waals surface area contributed by atoms with Gasteiger partial charge in [0.25, 0.3) is 5.56 Å². The van der Waals surface area contributed by atoms with Crippen molar-refractivity contribution in [1.29, 1.82) is 0 Å². The quantitative estimate of drug-likeness (QED) is 0.216. The zero-order valence-corrected chi connectivity index (χ0v) is 20.0. The fourth-order valence-corrected chi connectivity index (χ4v) is 5.08. The second kappa shape index (κ2) is 9.50. The number of fused-ring (bicyclic) bond motifs is 2. The Bertz CT molecular complexity index is 1590. The van der Waals surface area contributed by atoms with E-state index in [1.54, 1.807) is 36.4 Å². The third kappa shape index (κ3) is 4.53. The molecule has 0 saturated carbocycles. The topological polar surface area (TPSA) is 64.0 Å². The summed E-state index contributed by atoms with van der Waals surface area (Å²) in [6.07, 6.45) is 0. The molecular weight excluding hydrogens is 489 g/mol. The van der Waals surface area contributed by atoms with Crippen LogP contribution in [0.4, 0.5) is 5.69 Å². The van der Waals surface area contributed by atoms with Gasteiger partial charge in [0.15, 0.2) is 5.16 Å². The molecule has 0 aliphatic rings. The van der Waals surface area contributed by atoms with E-state index in [0.29, 0.717) is 31.8 Å². The normalized spacial score (nSPS) is 11.1. The molecule has 0 fully saturated rings. The molecule has 0 unspecified atom stereocenters. The monoisotopic (exact) mass is 505 g/mol. The van der Waals surface area contributed by atoms with Crippen LogP contribution in [0.1, 0.15) is 0 Å². The van der Waals surface area contributed by atoms with E-state index in [4.69, 9.17) is 23.2 Å². The van der Waals surface area contributed by atoms with Crippen LogP contribution in [0.5, 0.6) is 0 Å². The van der Waals surface area contributed by atoms with Crippen LogP contribution >= 0.6 is 35.0 Å². The predicted octanol–water partition coefficient (Wildman–Crippen LogP) is 6.58. The maximum Gasteiger partial charge on any atom is 0.266 e. The summed E-state index contributed by atoms with van der Waals surface area (Å²) in [5.41, 5.74) is 1.50. The lowest BCUT2D eigenvalue weighted by Gasteiger charge is -2.14. The summed E-state index contributed by atoms with van der Waals surface area (Å²) in [6.45, 7) is 0. The van der Waals surface area contributed by atoms with Crippen molar-refractivity contribution >= 4 is 68.2 Å². The van der Waals surface area contributed by atoms with Gasteiger partial charge in [0.1, 0.15) is 0 Å². The standard InChI is InChI=1S/C26H17Cl2N3O2S/c27-17-12-18(28)14-19(13-17)31-25(33)21-9-3-4-10-23(21)30-26(31)34-15-24(32)29-22-11-5-7-16-6-1-2-8-20(16)22/h1-14H,15H2,(H,29,32). The van der Waals surface area contributed by atoms with Gasteiger partial charge in [0, 0.05) is 21.1 Å². The number of carbonyl (C=O) groups is 1. The molecule has 5 rings (SSSR count). The molecule has 1 amide bonds. The van der Waals surface area contributed by atoms with Gasteiger partial charge in [-0.2, -0.15) is 0 Å². The van der Waals surface area contributed by atoms with Crippen LogP contribution in [0, 0.1) is 0 Å². The van der Waals surface area contributed by atoms with Gasteiger partial charge in [-0.1, -0.05) is 83.5 Å². The molecule has 8 heteroatoms. The number of hydrogen-bond acceptors (Lipinski definition) is 4. The molecule has 0 atom stereocenters. The first kappa shape index (κ1) is 22.5. The first-order valence-corrected chi connectivity index (χ1v) is 12.1. The first-order valence-electron chi connectivity index (χ1n) is 10.4. The molecule has 0 saturated heterocycles. The van der Waals surface area contributed by atoms with E-state index in [9.17, 15) is 9.59 Å². The molecular formula is C26H17Cl2N3O2S. The lowest BCUT2D eigenvalue weighted by molar-refractivity contribution is -0.113. The molecule has 0 radical (unpaired) electrons. The average molecular weight is 506 g/mol. The van der Waals surface area contributed by atoms with Gasteiger partial charge < -0.3 is 5.32 Å². The van der Waals surface area contributed by atoms with Gasteiger partial charge in [0.2, 0.25) is 5.91 Å². The summed E-state index contributed by atoms with van der Waals surface area (Å²) in [6, 6.07) is 25.6. The summed E-state index contributed by atoms with van der Waals surface area (Å²) < 4.78 is 1.44. The third-order valence-corrected chi connectivity index (χ3v) is 6.62. The van der Waals surface area contributed by atoms with E-state index < -0.39 is 0 Å². The predicted molar refractivity (Wildman–Crippen MR) is 141 cm³/mol. The van der Waals surface area contributed by atoms with Gasteiger partial charge in [-0.15, -0.1) is 0 Å². The smallest absolute Gasteiger partial charge is 0.266 e. The Kier molecular flexibility index (Phi) is 6.28. The van der Waals surface area contributed by atoms with Gasteiger partial charge in [-0.25, -0.2) is 4.98 Å². The molecule has 34 heavy (non-hydrogen) atoms. The maximum absolute atomic E-state index is 13.4. The molecule has 0 aliphatic heterocycles. The maximum atomic E-state index is 13.4. The number of anilines is 1. The number of rotatable bonds is 5. The number of benzene rings is 4. The lowest BCUT2D eigenvalue weighted by atomic mass is 10.1. The molecule has 0 aliphatic carbocycles. The average Bonchev–Trinajstić information content (AvgIpc) is 2.82. The highest BCUT2D eigenvalue weighted by molar-refractivity contribution is 7.99. The van der Waals surface area contributed by atoms with Crippen LogP contribution in [-0.2, 0) is 4.79 Å². The Morgan fingerprint density at radius 3 is 2.35 bits per heavy atom. The number of thioether (sulfide) groups is 1. The van der Waals surface area contributed by atoms with Crippen LogP contribution < -0.4 is 10.9 Å². The third-order valence-electron chi connectivity index (χ3n) is 5.25. The molecule has 4 aromatic carbocycles. The highest BCUT2D eigenvalue weighted by Gasteiger charge is 2.16. The Labute approximate surface area is 209 Å². The lowest BCUT2D eigenvalue weighted by Crippen LogP contribution is -2.23. The molecule has 0 spiro atoms. The fourth-order valence-electron chi connectivity index (χ4n) is 3.76. The van der Waals surface area contributed by atoms with Crippen molar-refractivity contribution in [2.45, 2.75) is 5.16 Å². The van der Waals surface area contributed by atoms with E-state index in [1.807, 2.05) is 48.5 Å². The Hall–Kier alpha value is -3.32. The minimum Gasteiger partial charge on any atom is -0.325 e. The summed E-state index contributed by atoms with van der Waals surface area (Å²) in [5.74, 6) is -0.151. The second-order valence-corrected chi connectivity index (χ2v) is 9.36. The van der Waals surface area contributed by atoms with Crippen molar-refractivity contribution < 1.29 is 4.79 Å². The van der Waals surface area contributed by atoms with E-state index in [-0.39, 0.29) is 17.2 Å². The first-order chi connectivity index (χ1) is 16.5. The van der Waals surface area contributed by atoms with Crippen molar-refractivity contribution in [1.82, 2.24) is 9.55 Å². The molecule has 0 bridgehead atoms. The van der Waals surface area contributed by atoms with Crippen LogP contribution in [0.2, 0.25) is 10.0 Å². The van der Waals surface area contributed by atoms with Crippen LogP contribution in [0.25, 0.3) is 27.4 Å². The van der Waals surface area contributed by atoms with Crippen molar-refractivity contribution in [3.05, 3.63) is 105 Å². The minimum atomic E-state index is -0.263. The van der Waals surface area contributed by atoms with Crippen molar-refractivity contribution in [2.24, 2.45) is 0 Å². The van der Waals surface area contributed by atoms with E-state index >= 15 is 0 Å². The van der Waals surface area contributed by atoms with Gasteiger partial charge in [-0.3, -0.25) is 14.2 Å². The zero-order chi connectivity index (χ0) is 23.7. The number of carbonyl (C=O) groups excluding carboxylic acids is 1. The van der Waals surface area contributed by atoms with Crippen LogP contribution in [-0.4, -0.2) is 21.2 Å². The van der Waals surface area contributed by atoms with Gasteiger partial charge >= 0.3 is 0 Å². The van der Waals surface area contributed by atoms with Crippen molar-refractivity contribution in [2.75, 3.05) is 11.1 Å². The summed E-state index contributed by atoms with van der Waals surface area (Å²) in [7, 11) is 0. The second-order valence-electron chi connectivity index (χ2n) is 7.54. The molecule has 1 heterocycles. The van der Waals surface area contributed by atoms with E-state index in [1.165, 1.54) is 16.3 Å². The summed E-state index contributed by atoms with van der Waals surface area (Å²) in [4.78, 5) is 30.9. The largest absolute Gasteiger partial charge is 0.325 e. The SMILES string of the molecule is O=C(CSc1nc2ccccc2c(=O)n1-c1cc(Cl)cc(Cl)c1)Nc1cccc2ccccc12. The van der Waals surface area contributed by atoms with Gasteiger partial charge in [0.05, 0.1) is 22.3 Å². The zero-order valence-electron chi connectivity index (χ0n) is 17.7.